The lowest BCUT2D eigenvalue weighted by molar-refractivity contribution is 0.129. The van der Waals surface area contributed by atoms with E-state index in [0.717, 1.165) is 57.2 Å². The van der Waals surface area contributed by atoms with Crippen LogP contribution in [-0.2, 0) is 11.2 Å². The molecule has 0 spiro atoms. The smallest absolute Gasteiger partial charge is 0.190 e. The van der Waals surface area contributed by atoms with Crippen LogP contribution in [0.15, 0.2) is 10.4 Å². The molecule has 0 radical (unpaired) electrons. The second-order valence-electron chi connectivity index (χ2n) is 5.83. The Bertz CT molecular complexity index is 452. The number of rotatable bonds is 11. The molecule has 0 aromatic carbocycles. The minimum absolute atomic E-state index is 0. The highest BCUT2D eigenvalue weighted by atomic mass is 127. The second kappa shape index (κ2) is 14.9. The minimum atomic E-state index is 0. The topological polar surface area (TPSA) is 58.5 Å². The molecule has 2 N–H and O–H groups in total. The Labute approximate surface area is 168 Å². The molecule has 0 bridgehead atoms. The van der Waals surface area contributed by atoms with Crippen LogP contribution >= 0.6 is 35.3 Å². The number of nitrogens with one attached hydrogen (secondary N) is 2. The summed E-state index contributed by atoms with van der Waals surface area (Å²) >= 11 is 1.75. The van der Waals surface area contributed by atoms with E-state index in [9.17, 15) is 0 Å². The largest absolute Gasteiger partial charge is 0.381 e. The van der Waals surface area contributed by atoms with E-state index < -0.39 is 0 Å². The van der Waals surface area contributed by atoms with Crippen molar-refractivity contribution in [3.8, 4) is 0 Å². The fourth-order valence-corrected chi connectivity index (χ4v) is 2.83. The molecule has 0 amide bonds. The lowest BCUT2D eigenvalue weighted by Gasteiger charge is -2.11. The van der Waals surface area contributed by atoms with Gasteiger partial charge in [-0.3, -0.25) is 4.99 Å². The summed E-state index contributed by atoms with van der Waals surface area (Å²) in [5.41, 5.74) is 1.16. The van der Waals surface area contributed by atoms with Gasteiger partial charge in [0, 0.05) is 51.1 Å². The average Bonchev–Trinajstić information content (AvgIpc) is 3.01. The molecule has 0 saturated carbocycles. The number of halogens is 1. The van der Waals surface area contributed by atoms with Gasteiger partial charge in [-0.2, -0.15) is 0 Å². The maximum absolute atomic E-state index is 5.54. The maximum Gasteiger partial charge on any atom is 0.190 e. The number of guanidine groups is 1. The van der Waals surface area contributed by atoms with Crippen LogP contribution in [0, 0.1) is 0 Å². The van der Waals surface area contributed by atoms with Gasteiger partial charge in [0.2, 0.25) is 0 Å². The van der Waals surface area contributed by atoms with E-state index in [-0.39, 0.29) is 24.0 Å². The first kappa shape index (κ1) is 23.6. The first-order chi connectivity index (χ1) is 11.2. The third kappa shape index (κ3) is 10.5. The second-order valence-corrected chi connectivity index (χ2v) is 6.72. The molecule has 1 aromatic heterocycles. The third-order valence-electron chi connectivity index (χ3n) is 3.36. The normalized spacial score (nSPS) is 11.5. The van der Waals surface area contributed by atoms with Gasteiger partial charge in [-0.15, -0.1) is 35.3 Å². The standard InChI is InChI=1S/C17H32N4OS.HI/c1-5-6-11-22-12-7-9-19-17(18-4)20-10-8-15-13-23-16(21-15)14(2)3;/h13-14H,5-12H2,1-4H3,(H2,18,19,20);1H. The summed E-state index contributed by atoms with van der Waals surface area (Å²) in [6.45, 7) is 9.93. The van der Waals surface area contributed by atoms with Crippen molar-refractivity contribution in [2.24, 2.45) is 4.99 Å². The number of hydrogen-bond donors (Lipinski definition) is 2. The predicted octanol–water partition coefficient (Wildman–Crippen LogP) is 3.80. The van der Waals surface area contributed by atoms with Crippen LogP contribution in [0.1, 0.15) is 56.7 Å². The molecule has 5 nitrogen and oxygen atoms in total. The summed E-state index contributed by atoms with van der Waals surface area (Å²) < 4.78 is 5.54. The summed E-state index contributed by atoms with van der Waals surface area (Å²) in [6, 6.07) is 0. The Morgan fingerprint density at radius 1 is 1.25 bits per heavy atom. The Hall–Kier alpha value is -0.410. The molecule has 1 rings (SSSR count). The molecule has 0 atom stereocenters. The van der Waals surface area contributed by atoms with E-state index >= 15 is 0 Å². The quantitative estimate of drug-likeness (QED) is 0.225. The van der Waals surface area contributed by atoms with Crippen LogP contribution in [0.4, 0.5) is 0 Å². The molecule has 1 aromatic rings. The van der Waals surface area contributed by atoms with Crippen LogP contribution in [0.25, 0.3) is 0 Å². The monoisotopic (exact) mass is 468 g/mol. The summed E-state index contributed by atoms with van der Waals surface area (Å²) in [5, 5.41) is 10.0. The van der Waals surface area contributed by atoms with E-state index in [1.807, 2.05) is 0 Å². The highest BCUT2D eigenvalue weighted by Gasteiger charge is 2.05. The third-order valence-corrected chi connectivity index (χ3v) is 4.55. The van der Waals surface area contributed by atoms with Crippen LogP contribution in [0.5, 0.6) is 0 Å². The van der Waals surface area contributed by atoms with Gasteiger partial charge in [0.05, 0.1) is 10.7 Å². The van der Waals surface area contributed by atoms with Crippen LogP contribution < -0.4 is 10.6 Å². The van der Waals surface area contributed by atoms with Crippen molar-refractivity contribution >= 4 is 41.3 Å². The highest BCUT2D eigenvalue weighted by molar-refractivity contribution is 14.0. The summed E-state index contributed by atoms with van der Waals surface area (Å²) in [5.74, 6) is 1.36. The summed E-state index contributed by atoms with van der Waals surface area (Å²) in [7, 11) is 1.80. The molecule has 0 saturated heterocycles. The number of hydrogen-bond acceptors (Lipinski definition) is 4. The van der Waals surface area contributed by atoms with Crippen molar-refractivity contribution in [1.82, 2.24) is 15.6 Å². The highest BCUT2D eigenvalue weighted by Crippen LogP contribution is 2.19. The zero-order chi connectivity index (χ0) is 16.9. The Balaban J connectivity index is 0.00000529. The Morgan fingerprint density at radius 2 is 1.96 bits per heavy atom. The number of thiazole rings is 1. The number of ether oxygens (including phenoxy) is 1. The fourth-order valence-electron chi connectivity index (χ4n) is 1.96. The van der Waals surface area contributed by atoms with Crippen molar-refractivity contribution in [2.45, 2.75) is 52.4 Å². The van der Waals surface area contributed by atoms with Crippen molar-refractivity contribution in [1.29, 1.82) is 0 Å². The molecular weight excluding hydrogens is 435 g/mol. The van der Waals surface area contributed by atoms with E-state index in [2.05, 4.69) is 46.8 Å². The number of aliphatic imine (C=N–C) groups is 1. The van der Waals surface area contributed by atoms with Gasteiger partial charge >= 0.3 is 0 Å². The molecular formula is C17H33IN4OS. The molecule has 0 aliphatic rings. The zero-order valence-corrected chi connectivity index (χ0v) is 18.6. The van der Waals surface area contributed by atoms with Crippen LogP contribution in [0.3, 0.4) is 0 Å². The first-order valence-corrected chi connectivity index (χ1v) is 9.51. The molecule has 0 fully saturated rings. The molecule has 0 unspecified atom stereocenters. The Morgan fingerprint density at radius 3 is 2.58 bits per heavy atom. The lowest BCUT2D eigenvalue weighted by atomic mass is 10.2. The molecule has 140 valence electrons. The van der Waals surface area contributed by atoms with E-state index in [4.69, 9.17) is 4.74 Å². The minimum Gasteiger partial charge on any atom is -0.381 e. The van der Waals surface area contributed by atoms with E-state index in [1.165, 1.54) is 11.4 Å². The van der Waals surface area contributed by atoms with Gasteiger partial charge in [-0.25, -0.2) is 4.98 Å². The molecule has 7 heteroatoms. The van der Waals surface area contributed by atoms with Crippen molar-refractivity contribution in [3.63, 3.8) is 0 Å². The average molecular weight is 468 g/mol. The molecule has 0 aliphatic carbocycles. The van der Waals surface area contributed by atoms with Gasteiger partial charge in [-0.1, -0.05) is 27.2 Å². The predicted molar refractivity (Wildman–Crippen MR) is 115 cm³/mol. The van der Waals surface area contributed by atoms with Gasteiger partial charge in [-0.05, 0) is 12.8 Å². The molecule has 24 heavy (non-hydrogen) atoms. The first-order valence-electron chi connectivity index (χ1n) is 8.64. The van der Waals surface area contributed by atoms with E-state index in [0.29, 0.717) is 5.92 Å². The fraction of sp³-hybridized carbons (Fsp3) is 0.765. The van der Waals surface area contributed by atoms with Crippen molar-refractivity contribution in [3.05, 3.63) is 16.1 Å². The van der Waals surface area contributed by atoms with Gasteiger partial charge < -0.3 is 15.4 Å². The van der Waals surface area contributed by atoms with Crippen LogP contribution in [0.2, 0.25) is 0 Å². The van der Waals surface area contributed by atoms with Gasteiger partial charge in [0.1, 0.15) is 0 Å². The van der Waals surface area contributed by atoms with Crippen molar-refractivity contribution in [2.75, 3.05) is 33.4 Å². The van der Waals surface area contributed by atoms with Crippen molar-refractivity contribution < 1.29 is 4.74 Å². The SMILES string of the molecule is CCCCOCCCNC(=NC)NCCc1csc(C(C)C)n1.I. The number of nitrogens with zero attached hydrogens (tertiary/aromatic N) is 2. The Kier molecular flexibility index (Phi) is 14.6. The molecule has 0 aliphatic heterocycles. The molecule has 1 heterocycles. The maximum atomic E-state index is 5.54. The summed E-state index contributed by atoms with van der Waals surface area (Å²) in [4.78, 5) is 8.88. The van der Waals surface area contributed by atoms with E-state index in [1.54, 1.807) is 18.4 Å². The van der Waals surface area contributed by atoms with Gasteiger partial charge in [0.15, 0.2) is 5.96 Å². The zero-order valence-electron chi connectivity index (χ0n) is 15.4. The number of aromatic nitrogens is 1. The lowest BCUT2D eigenvalue weighted by Crippen LogP contribution is -2.39. The number of unbranched alkanes of at least 4 members (excludes halogenated alkanes) is 1. The van der Waals surface area contributed by atoms with Crippen LogP contribution in [-0.4, -0.2) is 44.3 Å². The van der Waals surface area contributed by atoms with Gasteiger partial charge in [0.25, 0.3) is 0 Å². The summed E-state index contributed by atoms with van der Waals surface area (Å²) in [6.07, 6.45) is 4.25.